The zero-order valence-corrected chi connectivity index (χ0v) is 6.64. The lowest BCUT2D eigenvalue weighted by Gasteiger charge is -2.07. The molecule has 0 heterocycles. The molecule has 1 rings (SSSR count). The second kappa shape index (κ2) is 3.95. The summed E-state index contributed by atoms with van der Waals surface area (Å²) in [6.07, 6.45) is -1.41. The Balaban J connectivity index is 2.42. The fourth-order valence-electron chi connectivity index (χ4n) is 1.24. The Morgan fingerprint density at radius 3 is 2.75 bits per heavy atom. The number of hydrogen-bond donors (Lipinski definition) is 3. The van der Waals surface area contributed by atoms with E-state index in [1.807, 2.05) is 0 Å². The van der Waals surface area contributed by atoms with Crippen molar-refractivity contribution in [2.24, 2.45) is 5.73 Å². The third-order valence-electron chi connectivity index (χ3n) is 1.91. The molecule has 0 amide bonds. The highest BCUT2D eigenvalue weighted by Crippen LogP contribution is 2.17. The summed E-state index contributed by atoms with van der Waals surface area (Å²) in [5, 5.41) is 17.5. The van der Waals surface area contributed by atoms with Crippen LogP contribution in [0.1, 0.15) is 6.42 Å². The highest BCUT2D eigenvalue weighted by Gasteiger charge is 2.39. The first-order valence-electron chi connectivity index (χ1n) is 3.86. The second-order valence-corrected chi connectivity index (χ2v) is 2.83. The summed E-state index contributed by atoms with van der Waals surface area (Å²) in [5.74, 6) is -0.379. The number of nitrogens with two attached hydrogens (primary N) is 1. The maximum Gasteiger partial charge on any atom is 0.191 e. The molecular formula is C7H13NO4. The average Bonchev–Trinajstić information content (AvgIpc) is 2.30. The summed E-state index contributed by atoms with van der Waals surface area (Å²) in [6, 6.07) is -0.527. The van der Waals surface area contributed by atoms with E-state index in [0.29, 0.717) is 6.42 Å². The average molecular weight is 175 g/mol. The third kappa shape index (κ3) is 1.81. The molecule has 0 aliphatic heterocycles. The lowest BCUT2D eigenvalue weighted by atomic mass is 10.2. The van der Waals surface area contributed by atoms with Gasteiger partial charge in [0.15, 0.2) is 5.78 Å². The fraction of sp³-hybridized carbons (Fsp3) is 0.857. The Labute approximate surface area is 70.1 Å². The van der Waals surface area contributed by atoms with Crippen LogP contribution in [0, 0.1) is 0 Å². The van der Waals surface area contributed by atoms with Gasteiger partial charge in [0.25, 0.3) is 0 Å². The van der Waals surface area contributed by atoms with Crippen molar-refractivity contribution in [3.63, 3.8) is 0 Å². The van der Waals surface area contributed by atoms with E-state index >= 15 is 0 Å². The van der Waals surface area contributed by atoms with Crippen LogP contribution in [0.4, 0.5) is 0 Å². The van der Waals surface area contributed by atoms with Gasteiger partial charge in [-0.1, -0.05) is 0 Å². The van der Waals surface area contributed by atoms with Gasteiger partial charge in [0.1, 0.15) is 12.2 Å². The van der Waals surface area contributed by atoms with Gasteiger partial charge < -0.3 is 20.7 Å². The summed E-state index contributed by atoms with van der Waals surface area (Å²) in [5.41, 5.74) is 5.42. The Kier molecular flexibility index (Phi) is 3.16. The van der Waals surface area contributed by atoms with Crippen molar-refractivity contribution in [3.05, 3.63) is 0 Å². The summed E-state index contributed by atoms with van der Waals surface area (Å²) in [6.45, 7) is -0.0229. The summed E-state index contributed by atoms with van der Waals surface area (Å²) >= 11 is 0. The van der Waals surface area contributed by atoms with Crippen LogP contribution in [0.15, 0.2) is 0 Å². The quantitative estimate of drug-likeness (QED) is 0.462. The lowest BCUT2D eigenvalue weighted by molar-refractivity contribution is -0.134. The number of carbonyl (C=O) groups excluding carboxylic acids is 1. The first-order chi connectivity index (χ1) is 5.66. The monoisotopic (exact) mass is 175 g/mol. The van der Waals surface area contributed by atoms with E-state index in [1.54, 1.807) is 0 Å². The summed E-state index contributed by atoms with van der Waals surface area (Å²) in [7, 11) is 0. The fourth-order valence-corrected chi connectivity index (χ4v) is 1.24. The molecule has 0 unspecified atom stereocenters. The van der Waals surface area contributed by atoms with Crippen LogP contribution in [-0.4, -0.2) is 47.5 Å². The smallest absolute Gasteiger partial charge is 0.191 e. The molecule has 0 bridgehead atoms. The topological polar surface area (TPSA) is 92.8 Å². The number of rotatable bonds is 3. The SMILES string of the molecule is N[C@@H]1C[C@H](OCCO)C(=O)[C@H]1O. The highest BCUT2D eigenvalue weighted by molar-refractivity contribution is 5.90. The Morgan fingerprint density at radius 2 is 2.33 bits per heavy atom. The van der Waals surface area contributed by atoms with E-state index in [4.69, 9.17) is 20.7 Å². The van der Waals surface area contributed by atoms with Crippen molar-refractivity contribution in [3.8, 4) is 0 Å². The van der Waals surface area contributed by atoms with Crippen LogP contribution in [0.25, 0.3) is 0 Å². The second-order valence-electron chi connectivity index (χ2n) is 2.83. The van der Waals surface area contributed by atoms with Crippen LogP contribution < -0.4 is 5.73 Å². The largest absolute Gasteiger partial charge is 0.394 e. The number of Topliss-reactive ketones (excluding diaryl/α,β-unsaturated/α-hetero) is 1. The summed E-state index contributed by atoms with van der Waals surface area (Å²) in [4.78, 5) is 11.1. The predicted molar refractivity (Wildman–Crippen MR) is 40.4 cm³/mol. The number of hydrogen-bond acceptors (Lipinski definition) is 5. The maximum atomic E-state index is 11.1. The third-order valence-corrected chi connectivity index (χ3v) is 1.91. The van der Waals surface area contributed by atoms with Crippen LogP contribution in [0.5, 0.6) is 0 Å². The number of ketones is 1. The van der Waals surface area contributed by atoms with Gasteiger partial charge in [-0.2, -0.15) is 0 Å². The minimum absolute atomic E-state index is 0.107. The Bertz CT molecular complexity index is 173. The molecule has 0 aromatic heterocycles. The van der Waals surface area contributed by atoms with E-state index in [2.05, 4.69) is 0 Å². The van der Waals surface area contributed by atoms with E-state index in [1.165, 1.54) is 0 Å². The molecule has 3 atom stereocenters. The molecule has 1 aliphatic carbocycles. The highest BCUT2D eigenvalue weighted by atomic mass is 16.5. The first-order valence-corrected chi connectivity index (χ1v) is 3.86. The van der Waals surface area contributed by atoms with Crippen LogP contribution in [0.3, 0.4) is 0 Å². The molecule has 0 spiro atoms. The summed E-state index contributed by atoms with van der Waals surface area (Å²) < 4.78 is 4.97. The molecule has 1 saturated carbocycles. The van der Waals surface area contributed by atoms with Gasteiger partial charge in [0.05, 0.1) is 13.2 Å². The first kappa shape index (κ1) is 9.60. The predicted octanol–water partition coefficient (Wildman–Crippen LogP) is -1.98. The molecule has 0 aromatic carbocycles. The molecule has 5 nitrogen and oxygen atoms in total. The van der Waals surface area contributed by atoms with Crippen molar-refractivity contribution < 1.29 is 19.7 Å². The molecule has 0 saturated heterocycles. The van der Waals surface area contributed by atoms with Crippen molar-refractivity contribution >= 4 is 5.78 Å². The van der Waals surface area contributed by atoms with Gasteiger partial charge >= 0.3 is 0 Å². The molecule has 1 fully saturated rings. The molecule has 12 heavy (non-hydrogen) atoms. The molecule has 0 radical (unpaired) electrons. The maximum absolute atomic E-state index is 11.1. The number of aliphatic hydroxyl groups excluding tert-OH is 2. The molecule has 1 aliphatic rings. The van der Waals surface area contributed by atoms with Crippen LogP contribution in [-0.2, 0) is 9.53 Å². The molecule has 70 valence electrons. The minimum atomic E-state index is -1.10. The number of carbonyl (C=O) groups is 1. The van der Waals surface area contributed by atoms with Crippen molar-refractivity contribution in [2.75, 3.05) is 13.2 Å². The van der Waals surface area contributed by atoms with Crippen molar-refractivity contribution in [1.29, 1.82) is 0 Å². The van der Waals surface area contributed by atoms with E-state index < -0.39 is 18.2 Å². The zero-order chi connectivity index (χ0) is 9.14. The zero-order valence-electron chi connectivity index (χ0n) is 6.64. The van der Waals surface area contributed by atoms with Crippen LogP contribution in [0.2, 0.25) is 0 Å². The number of aliphatic hydroxyl groups is 2. The Hall–Kier alpha value is -0.490. The van der Waals surface area contributed by atoms with Crippen molar-refractivity contribution in [1.82, 2.24) is 0 Å². The van der Waals surface area contributed by atoms with Crippen molar-refractivity contribution in [2.45, 2.75) is 24.7 Å². The van der Waals surface area contributed by atoms with E-state index in [9.17, 15) is 4.79 Å². The van der Waals surface area contributed by atoms with Gasteiger partial charge in [0.2, 0.25) is 0 Å². The molecular weight excluding hydrogens is 162 g/mol. The van der Waals surface area contributed by atoms with Gasteiger partial charge in [-0.3, -0.25) is 4.79 Å². The molecule has 0 aromatic rings. The molecule has 5 heteroatoms. The number of ether oxygens (including phenoxy) is 1. The van der Waals surface area contributed by atoms with E-state index in [0.717, 1.165) is 0 Å². The van der Waals surface area contributed by atoms with Gasteiger partial charge in [0, 0.05) is 6.04 Å². The lowest BCUT2D eigenvalue weighted by Crippen LogP contribution is -2.33. The molecule has 4 N–H and O–H groups in total. The van der Waals surface area contributed by atoms with Gasteiger partial charge in [-0.25, -0.2) is 0 Å². The van der Waals surface area contributed by atoms with E-state index in [-0.39, 0.29) is 19.0 Å². The van der Waals surface area contributed by atoms with Gasteiger partial charge in [-0.05, 0) is 6.42 Å². The normalized spacial score (nSPS) is 35.9. The Morgan fingerprint density at radius 1 is 1.67 bits per heavy atom. The standard InChI is InChI=1S/C7H13NO4/c8-4-3-5(12-2-1-9)7(11)6(4)10/h4-6,9-10H,1-3,8H2/t4-,5+,6+/m1/s1. The minimum Gasteiger partial charge on any atom is -0.394 e. The van der Waals surface area contributed by atoms with Gasteiger partial charge in [-0.15, -0.1) is 0 Å². The van der Waals surface area contributed by atoms with Crippen LogP contribution >= 0.6 is 0 Å².